The standard InChI is InChI=1S/C14H11N3O2/c1-9-16-12-8-10(5-6-13(12)19-9)17-14(18)11-4-2-3-7-15-11/h2-8H,1H3,(H,17,18). The SMILES string of the molecule is Cc1nc2cc(NC(=O)c3ccccn3)ccc2o1. The third-order valence-electron chi connectivity index (χ3n) is 2.65. The Balaban J connectivity index is 1.87. The molecule has 0 unspecified atom stereocenters. The third-order valence-corrected chi connectivity index (χ3v) is 2.65. The molecular formula is C14H11N3O2. The van der Waals surface area contributed by atoms with Crippen molar-refractivity contribution in [1.82, 2.24) is 9.97 Å². The molecule has 94 valence electrons. The number of aryl methyl sites for hydroxylation is 1. The van der Waals surface area contributed by atoms with E-state index in [0.717, 1.165) is 5.52 Å². The molecule has 2 aromatic heterocycles. The van der Waals surface area contributed by atoms with Crippen molar-refractivity contribution >= 4 is 22.7 Å². The van der Waals surface area contributed by atoms with Crippen LogP contribution in [-0.4, -0.2) is 15.9 Å². The zero-order valence-electron chi connectivity index (χ0n) is 10.3. The van der Waals surface area contributed by atoms with Gasteiger partial charge in [0.2, 0.25) is 0 Å². The van der Waals surface area contributed by atoms with Gasteiger partial charge in [0.1, 0.15) is 11.2 Å². The number of rotatable bonds is 2. The van der Waals surface area contributed by atoms with Gasteiger partial charge in [0.05, 0.1) is 0 Å². The quantitative estimate of drug-likeness (QED) is 0.762. The fourth-order valence-corrected chi connectivity index (χ4v) is 1.81. The molecule has 5 nitrogen and oxygen atoms in total. The second-order valence-corrected chi connectivity index (χ2v) is 4.08. The van der Waals surface area contributed by atoms with Crippen LogP contribution in [-0.2, 0) is 0 Å². The van der Waals surface area contributed by atoms with Crippen LogP contribution in [0.4, 0.5) is 5.69 Å². The van der Waals surface area contributed by atoms with Crippen LogP contribution in [0, 0.1) is 6.92 Å². The Kier molecular flexibility index (Phi) is 2.72. The van der Waals surface area contributed by atoms with Crippen molar-refractivity contribution in [3.05, 3.63) is 54.2 Å². The molecule has 2 heterocycles. The van der Waals surface area contributed by atoms with E-state index in [4.69, 9.17) is 4.42 Å². The number of nitrogens with zero attached hydrogens (tertiary/aromatic N) is 2. The monoisotopic (exact) mass is 253 g/mol. The normalized spacial score (nSPS) is 10.6. The number of amides is 1. The maximum atomic E-state index is 11.9. The Labute approximate surface area is 109 Å². The number of nitrogens with one attached hydrogen (secondary N) is 1. The Morgan fingerprint density at radius 3 is 2.95 bits per heavy atom. The second kappa shape index (κ2) is 4.53. The average molecular weight is 253 g/mol. The van der Waals surface area contributed by atoms with Gasteiger partial charge in [-0.2, -0.15) is 0 Å². The van der Waals surface area contributed by atoms with E-state index in [-0.39, 0.29) is 5.91 Å². The van der Waals surface area contributed by atoms with Gasteiger partial charge in [0, 0.05) is 18.8 Å². The third kappa shape index (κ3) is 2.30. The Morgan fingerprint density at radius 2 is 2.16 bits per heavy atom. The number of fused-ring (bicyclic) bond motifs is 1. The lowest BCUT2D eigenvalue weighted by atomic mass is 10.2. The number of carbonyl (C=O) groups excluding carboxylic acids is 1. The molecule has 0 aliphatic heterocycles. The van der Waals surface area contributed by atoms with Crippen molar-refractivity contribution in [3.63, 3.8) is 0 Å². The van der Waals surface area contributed by atoms with E-state index in [9.17, 15) is 4.79 Å². The number of carbonyl (C=O) groups is 1. The molecule has 0 bridgehead atoms. The first-order valence-corrected chi connectivity index (χ1v) is 5.82. The largest absolute Gasteiger partial charge is 0.441 e. The summed E-state index contributed by atoms with van der Waals surface area (Å²) >= 11 is 0. The summed E-state index contributed by atoms with van der Waals surface area (Å²) in [5, 5.41) is 2.78. The van der Waals surface area contributed by atoms with E-state index in [1.807, 2.05) is 0 Å². The zero-order valence-corrected chi connectivity index (χ0v) is 10.3. The molecule has 0 spiro atoms. The van der Waals surface area contributed by atoms with Gasteiger partial charge in [0.25, 0.3) is 5.91 Å². The van der Waals surface area contributed by atoms with Crippen molar-refractivity contribution in [1.29, 1.82) is 0 Å². The molecule has 0 aliphatic carbocycles. The predicted molar refractivity (Wildman–Crippen MR) is 70.9 cm³/mol. The molecule has 0 radical (unpaired) electrons. The minimum absolute atomic E-state index is 0.250. The highest BCUT2D eigenvalue weighted by molar-refractivity contribution is 6.03. The molecule has 1 aromatic carbocycles. The van der Waals surface area contributed by atoms with E-state index in [0.29, 0.717) is 22.9 Å². The van der Waals surface area contributed by atoms with Gasteiger partial charge in [0.15, 0.2) is 11.5 Å². The highest BCUT2D eigenvalue weighted by Gasteiger charge is 2.08. The molecule has 3 rings (SSSR count). The molecule has 1 N–H and O–H groups in total. The van der Waals surface area contributed by atoms with E-state index in [2.05, 4.69) is 15.3 Å². The molecule has 0 atom stereocenters. The number of anilines is 1. The molecule has 0 fully saturated rings. The van der Waals surface area contributed by atoms with Crippen LogP contribution >= 0.6 is 0 Å². The van der Waals surface area contributed by atoms with Crippen molar-refractivity contribution < 1.29 is 9.21 Å². The fraction of sp³-hybridized carbons (Fsp3) is 0.0714. The van der Waals surface area contributed by atoms with Crippen LogP contribution in [0.2, 0.25) is 0 Å². The van der Waals surface area contributed by atoms with Crippen molar-refractivity contribution in [3.8, 4) is 0 Å². The van der Waals surface area contributed by atoms with Crippen molar-refractivity contribution in [2.75, 3.05) is 5.32 Å². The maximum absolute atomic E-state index is 11.9. The lowest BCUT2D eigenvalue weighted by molar-refractivity contribution is 0.102. The molecular weight excluding hydrogens is 242 g/mol. The smallest absolute Gasteiger partial charge is 0.274 e. The van der Waals surface area contributed by atoms with E-state index >= 15 is 0 Å². The Bertz CT molecular complexity index is 735. The van der Waals surface area contributed by atoms with Gasteiger partial charge in [-0.3, -0.25) is 9.78 Å². The number of hydrogen-bond acceptors (Lipinski definition) is 4. The van der Waals surface area contributed by atoms with Crippen LogP contribution in [0.5, 0.6) is 0 Å². The lowest BCUT2D eigenvalue weighted by Crippen LogP contribution is -2.13. The lowest BCUT2D eigenvalue weighted by Gasteiger charge is -2.03. The van der Waals surface area contributed by atoms with E-state index < -0.39 is 0 Å². The second-order valence-electron chi connectivity index (χ2n) is 4.08. The van der Waals surface area contributed by atoms with Crippen LogP contribution in [0.3, 0.4) is 0 Å². The van der Waals surface area contributed by atoms with Gasteiger partial charge < -0.3 is 9.73 Å². The maximum Gasteiger partial charge on any atom is 0.274 e. The molecule has 3 aromatic rings. The molecule has 0 aliphatic rings. The number of pyridine rings is 1. The summed E-state index contributed by atoms with van der Waals surface area (Å²) in [5.41, 5.74) is 2.46. The summed E-state index contributed by atoms with van der Waals surface area (Å²) in [7, 11) is 0. The predicted octanol–water partition coefficient (Wildman–Crippen LogP) is 2.78. The van der Waals surface area contributed by atoms with Crippen LogP contribution in [0.1, 0.15) is 16.4 Å². The summed E-state index contributed by atoms with van der Waals surface area (Å²) in [5.74, 6) is 0.350. The molecule has 1 amide bonds. The topological polar surface area (TPSA) is 68.0 Å². The number of oxazole rings is 1. The summed E-state index contributed by atoms with van der Waals surface area (Å²) < 4.78 is 5.38. The first-order chi connectivity index (χ1) is 9.22. The minimum atomic E-state index is -0.250. The van der Waals surface area contributed by atoms with Gasteiger partial charge >= 0.3 is 0 Å². The first kappa shape index (κ1) is 11.4. The Hall–Kier alpha value is -2.69. The summed E-state index contributed by atoms with van der Waals surface area (Å²) in [6.45, 7) is 1.78. The van der Waals surface area contributed by atoms with Crippen LogP contribution in [0.15, 0.2) is 47.0 Å². The number of benzene rings is 1. The van der Waals surface area contributed by atoms with Gasteiger partial charge in [-0.25, -0.2) is 4.98 Å². The molecule has 19 heavy (non-hydrogen) atoms. The average Bonchev–Trinajstić information content (AvgIpc) is 2.79. The van der Waals surface area contributed by atoms with Gasteiger partial charge in [-0.1, -0.05) is 6.07 Å². The summed E-state index contributed by atoms with van der Waals surface area (Å²) in [6.07, 6.45) is 1.58. The van der Waals surface area contributed by atoms with Crippen LogP contribution < -0.4 is 5.32 Å². The Morgan fingerprint density at radius 1 is 1.26 bits per heavy atom. The highest BCUT2D eigenvalue weighted by atomic mass is 16.3. The molecule has 5 heteroatoms. The summed E-state index contributed by atoms with van der Waals surface area (Å²) in [4.78, 5) is 20.2. The summed E-state index contributed by atoms with van der Waals surface area (Å²) in [6, 6.07) is 10.5. The van der Waals surface area contributed by atoms with Gasteiger partial charge in [-0.15, -0.1) is 0 Å². The van der Waals surface area contributed by atoms with E-state index in [1.165, 1.54) is 0 Å². The fourth-order valence-electron chi connectivity index (χ4n) is 1.81. The molecule has 0 saturated carbocycles. The number of hydrogen-bond donors (Lipinski definition) is 1. The highest BCUT2D eigenvalue weighted by Crippen LogP contribution is 2.19. The van der Waals surface area contributed by atoms with Crippen molar-refractivity contribution in [2.45, 2.75) is 6.92 Å². The minimum Gasteiger partial charge on any atom is -0.441 e. The van der Waals surface area contributed by atoms with E-state index in [1.54, 1.807) is 49.5 Å². The first-order valence-electron chi connectivity index (χ1n) is 5.82. The van der Waals surface area contributed by atoms with Crippen LogP contribution in [0.25, 0.3) is 11.1 Å². The zero-order chi connectivity index (χ0) is 13.2. The van der Waals surface area contributed by atoms with Gasteiger partial charge in [-0.05, 0) is 30.3 Å². The number of aromatic nitrogens is 2. The van der Waals surface area contributed by atoms with Crippen molar-refractivity contribution in [2.24, 2.45) is 0 Å². The molecule has 0 saturated heterocycles.